The van der Waals surface area contributed by atoms with Crippen molar-refractivity contribution >= 4 is 11.8 Å². The van der Waals surface area contributed by atoms with Crippen molar-refractivity contribution in [1.82, 2.24) is 10.6 Å². The Balaban J connectivity index is 1.49. The second-order valence-electron chi connectivity index (χ2n) is 6.23. The van der Waals surface area contributed by atoms with Crippen LogP contribution in [-0.2, 0) is 11.3 Å². The van der Waals surface area contributed by atoms with Gasteiger partial charge in [-0.15, -0.1) is 0 Å². The Labute approximate surface area is 169 Å². The van der Waals surface area contributed by atoms with Gasteiger partial charge >= 0.3 is 0 Å². The van der Waals surface area contributed by atoms with Gasteiger partial charge in [0.25, 0.3) is 11.8 Å². The monoisotopic (exact) mass is 390 g/mol. The first-order valence-electron chi connectivity index (χ1n) is 9.17. The van der Waals surface area contributed by atoms with E-state index in [0.717, 1.165) is 11.3 Å². The Morgan fingerprint density at radius 2 is 1.41 bits per heavy atom. The van der Waals surface area contributed by atoms with Gasteiger partial charge in [0.2, 0.25) is 0 Å². The Morgan fingerprint density at radius 1 is 0.793 bits per heavy atom. The van der Waals surface area contributed by atoms with E-state index in [9.17, 15) is 9.59 Å². The standard InChI is InChI=1S/C23H22N2O4/c1-24-22(26)16-28-19-11-7-17(8-12-19)15-25-23(27)18-9-13-21(14-10-18)29-20-5-3-2-4-6-20/h2-14H,15-16H2,1H3,(H,24,26)(H,25,27). The minimum Gasteiger partial charge on any atom is -0.484 e. The van der Waals surface area contributed by atoms with E-state index in [0.29, 0.717) is 23.6 Å². The van der Waals surface area contributed by atoms with E-state index in [-0.39, 0.29) is 18.4 Å². The largest absolute Gasteiger partial charge is 0.484 e. The van der Waals surface area contributed by atoms with Crippen LogP contribution in [0.4, 0.5) is 0 Å². The van der Waals surface area contributed by atoms with Gasteiger partial charge in [-0.2, -0.15) is 0 Å². The molecule has 0 aliphatic heterocycles. The number of benzene rings is 3. The molecule has 0 radical (unpaired) electrons. The molecule has 6 heteroatoms. The molecule has 0 aliphatic carbocycles. The lowest BCUT2D eigenvalue weighted by Gasteiger charge is -2.09. The summed E-state index contributed by atoms with van der Waals surface area (Å²) in [5.41, 5.74) is 1.48. The number of hydrogen-bond donors (Lipinski definition) is 2. The predicted octanol–water partition coefficient (Wildman–Crippen LogP) is 3.53. The van der Waals surface area contributed by atoms with Gasteiger partial charge in [-0.1, -0.05) is 30.3 Å². The van der Waals surface area contributed by atoms with Crippen molar-refractivity contribution in [2.45, 2.75) is 6.54 Å². The molecule has 148 valence electrons. The zero-order valence-electron chi connectivity index (χ0n) is 16.1. The fraction of sp³-hybridized carbons (Fsp3) is 0.130. The third-order valence-corrected chi connectivity index (χ3v) is 4.12. The number of para-hydroxylation sites is 1. The number of hydrogen-bond acceptors (Lipinski definition) is 4. The number of carbonyl (C=O) groups excluding carboxylic acids is 2. The Hall–Kier alpha value is -3.80. The van der Waals surface area contributed by atoms with Crippen molar-refractivity contribution in [1.29, 1.82) is 0 Å². The molecule has 3 aromatic rings. The van der Waals surface area contributed by atoms with E-state index in [1.54, 1.807) is 43.4 Å². The molecule has 0 heterocycles. The third kappa shape index (κ3) is 6.10. The average molecular weight is 390 g/mol. The average Bonchev–Trinajstić information content (AvgIpc) is 2.77. The van der Waals surface area contributed by atoms with Crippen LogP contribution in [0, 0.1) is 0 Å². The molecule has 0 spiro atoms. The van der Waals surface area contributed by atoms with Crippen LogP contribution in [0.25, 0.3) is 0 Å². The summed E-state index contributed by atoms with van der Waals surface area (Å²) < 4.78 is 11.1. The van der Waals surface area contributed by atoms with Crippen molar-refractivity contribution in [3.05, 3.63) is 90.0 Å². The normalized spacial score (nSPS) is 10.1. The molecule has 0 atom stereocenters. The van der Waals surface area contributed by atoms with Crippen LogP contribution >= 0.6 is 0 Å². The van der Waals surface area contributed by atoms with E-state index in [1.165, 1.54) is 0 Å². The van der Waals surface area contributed by atoms with Crippen molar-refractivity contribution < 1.29 is 19.1 Å². The zero-order chi connectivity index (χ0) is 20.5. The number of ether oxygens (including phenoxy) is 2. The highest BCUT2D eigenvalue weighted by atomic mass is 16.5. The number of likely N-dealkylation sites (N-methyl/N-ethyl adjacent to an activating group) is 1. The molecule has 3 aromatic carbocycles. The van der Waals surface area contributed by atoms with Gasteiger partial charge in [0.15, 0.2) is 6.61 Å². The van der Waals surface area contributed by atoms with E-state index >= 15 is 0 Å². The first kappa shape index (κ1) is 19.9. The number of nitrogens with one attached hydrogen (secondary N) is 2. The SMILES string of the molecule is CNC(=O)COc1ccc(CNC(=O)c2ccc(Oc3ccccc3)cc2)cc1. The summed E-state index contributed by atoms with van der Waals surface area (Å²) in [7, 11) is 1.56. The quantitative estimate of drug-likeness (QED) is 0.617. The highest BCUT2D eigenvalue weighted by Gasteiger charge is 2.06. The summed E-state index contributed by atoms with van der Waals surface area (Å²) in [5, 5.41) is 5.37. The molecule has 6 nitrogen and oxygen atoms in total. The summed E-state index contributed by atoms with van der Waals surface area (Å²) in [4.78, 5) is 23.5. The maximum atomic E-state index is 12.3. The van der Waals surface area contributed by atoms with Crippen LogP contribution in [0.1, 0.15) is 15.9 Å². The lowest BCUT2D eigenvalue weighted by atomic mass is 10.2. The fourth-order valence-corrected chi connectivity index (χ4v) is 2.51. The molecule has 0 fully saturated rings. The molecule has 0 unspecified atom stereocenters. The second-order valence-corrected chi connectivity index (χ2v) is 6.23. The zero-order valence-corrected chi connectivity index (χ0v) is 16.1. The van der Waals surface area contributed by atoms with Crippen LogP contribution in [0.5, 0.6) is 17.2 Å². The van der Waals surface area contributed by atoms with E-state index in [4.69, 9.17) is 9.47 Å². The highest BCUT2D eigenvalue weighted by Crippen LogP contribution is 2.21. The molecule has 0 bridgehead atoms. The van der Waals surface area contributed by atoms with Gasteiger partial charge in [0, 0.05) is 19.2 Å². The lowest BCUT2D eigenvalue weighted by Crippen LogP contribution is -2.24. The Morgan fingerprint density at radius 3 is 2.07 bits per heavy atom. The molecule has 3 rings (SSSR count). The van der Waals surface area contributed by atoms with Gasteiger partial charge in [-0.3, -0.25) is 9.59 Å². The molecule has 29 heavy (non-hydrogen) atoms. The first-order valence-corrected chi connectivity index (χ1v) is 9.17. The van der Waals surface area contributed by atoms with E-state index < -0.39 is 0 Å². The first-order chi connectivity index (χ1) is 14.1. The minimum atomic E-state index is -0.193. The van der Waals surface area contributed by atoms with Gasteiger partial charge in [0.05, 0.1) is 0 Å². The van der Waals surface area contributed by atoms with Gasteiger partial charge in [-0.25, -0.2) is 0 Å². The Kier molecular flexibility index (Phi) is 6.84. The van der Waals surface area contributed by atoms with Crippen molar-refractivity contribution in [2.24, 2.45) is 0 Å². The molecular formula is C23H22N2O4. The summed E-state index contributed by atoms with van der Waals surface area (Å²) in [6.07, 6.45) is 0. The summed E-state index contributed by atoms with van der Waals surface area (Å²) >= 11 is 0. The third-order valence-electron chi connectivity index (χ3n) is 4.12. The van der Waals surface area contributed by atoms with Crippen LogP contribution < -0.4 is 20.1 Å². The summed E-state index contributed by atoms with van der Waals surface area (Å²) in [5.74, 6) is 1.64. The van der Waals surface area contributed by atoms with Crippen LogP contribution in [-0.4, -0.2) is 25.5 Å². The topological polar surface area (TPSA) is 76.7 Å². The predicted molar refractivity (Wildman–Crippen MR) is 110 cm³/mol. The molecule has 0 aromatic heterocycles. The van der Waals surface area contributed by atoms with Crippen LogP contribution in [0.2, 0.25) is 0 Å². The molecule has 0 saturated carbocycles. The summed E-state index contributed by atoms with van der Waals surface area (Å²) in [6, 6.07) is 23.7. The molecule has 2 N–H and O–H groups in total. The minimum absolute atomic E-state index is 0.0312. The van der Waals surface area contributed by atoms with Crippen LogP contribution in [0.15, 0.2) is 78.9 Å². The highest BCUT2D eigenvalue weighted by molar-refractivity contribution is 5.94. The Bertz CT molecular complexity index is 939. The molecule has 2 amide bonds. The molecular weight excluding hydrogens is 368 g/mol. The fourth-order valence-electron chi connectivity index (χ4n) is 2.51. The van der Waals surface area contributed by atoms with E-state index in [2.05, 4.69) is 10.6 Å². The lowest BCUT2D eigenvalue weighted by molar-refractivity contribution is -0.122. The maximum Gasteiger partial charge on any atom is 0.257 e. The number of amides is 2. The maximum absolute atomic E-state index is 12.3. The van der Waals surface area contributed by atoms with Gasteiger partial charge in [-0.05, 0) is 54.1 Å². The van der Waals surface area contributed by atoms with E-state index in [1.807, 2.05) is 42.5 Å². The smallest absolute Gasteiger partial charge is 0.257 e. The van der Waals surface area contributed by atoms with Crippen LogP contribution in [0.3, 0.4) is 0 Å². The van der Waals surface area contributed by atoms with Crippen molar-refractivity contribution in [2.75, 3.05) is 13.7 Å². The van der Waals surface area contributed by atoms with Gasteiger partial charge < -0.3 is 20.1 Å². The van der Waals surface area contributed by atoms with Crippen molar-refractivity contribution in [3.63, 3.8) is 0 Å². The number of carbonyl (C=O) groups is 2. The van der Waals surface area contributed by atoms with Gasteiger partial charge in [0.1, 0.15) is 17.2 Å². The molecule has 0 aliphatic rings. The molecule has 0 saturated heterocycles. The second kappa shape index (κ2) is 9.94. The van der Waals surface area contributed by atoms with Crippen molar-refractivity contribution in [3.8, 4) is 17.2 Å². The number of rotatable bonds is 8. The summed E-state index contributed by atoms with van der Waals surface area (Å²) in [6.45, 7) is 0.355.